The highest BCUT2D eigenvalue weighted by Crippen LogP contribution is 2.29. The Balaban J connectivity index is 1.63. The van der Waals surface area contributed by atoms with Crippen molar-refractivity contribution in [2.75, 3.05) is 24.3 Å². The molecule has 0 atom stereocenters. The summed E-state index contributed by atoms with van der Waals surface area (Å²) < 4.78 is 37.5. The van der Waals surface area contributed by atoms with E-state index >= 15 is 0 Å². The number of anilines is 2. The van der Waals surface area contributed by atoms with E-state index < -0.39 is 10.0 Å². The highest BCUT2D eigenvalue weighted by Gasteiger charge is 2.16. The normalized spacial score (nSPS) is 11.0. The van der Waals surface area contributed by atoms with Gasteiger partial charge in [-0.05, 0) is 24.3 Å². The second-order valence-corrected chi connectivity index (χ2v) is 8.40. The Labute approximate surface area is 172 Å². The van der Waals surface area contributed by atoms with Crippen molar-refractivity contribution in [2.24, 2.45) is 0 Å². The topological polar surface area (TPSA) is 107 Å². The zero-order chi connectivity index (χ0) is 20.9. The minimum absolute atomic E-state index is 0.00207. The second kappa shape index (κ2) is 8.93. The Morgan fingerprint density at radius 2 is 1.79 bits per heavy atom. The number of methoxy groups -OCH3 is 2. The number of nitrogens with zero attached hydrogens (tertiary/aromatic N) is 1. The van der Waals surface area contributed by atoms with E-state index in [-0.39, 0.29) is 22.4 Å². The van der Waals surface area contributed by atoms with Gasteiger partial charge < -0.3 is 14.8 Å². The minimum Gasteiger partial charge on any atom is -0.493 e. The van der Waals surface area contributed by atoms with Crippen molar-refractivity contribution in [3.8, 4) is 11.5 Å². The van der Waals surface area contributed by atoms with Gasteiger partial charge in [-0.15, -0.1) is 11.3 Å². The van der Waals surface area contributed by atoms with Crippen molar-refractivity contribution in [3.05, 3.63) is 59.6 Å². The zero-order valence-corrected chi connectivity index (χ0v) is 17.3. The van der Waals surface area contributed by atoms with E-state index in [1.54, 1.807) is 41.8 Å². The molecule has 0 unspecified atom stereocenters. The number of ether oxygens (including phenoxy) is 2. The van der Waals surface area contributed by atoms with E-state index in [0.717, 1.165) is 11.3 Å². The summed E-state index contributed by atoms with van der Waals surface area (Å²) in [6.07, 6.45) is -0.00207. The molecule has 0 aliphatic heterocycles. The molecule has 0 bridgehead atoms. The van der Waals surface area contributed by atoms with Gasteiger partial charge in [-0.3, -0.25) is 9.52 Å². The van der Waals surface area contributed by atoms with Crippen molar-refractivity contribution in [1.82, 2.24) is 4.98 Å². The van der Waals surface area contributed by atoms with Crippen LogP contribution in [0.2, 0.25) is 0 Å². The van der Waals surface area contributed by atoms with Crippen molar-refractivity contribution < 1.29 is 22.7 Å². The Morgan fingerprint density at radius 1 is 1.07 bits per heavy atom. The molecule has 0 saturated carbocycles. The summed E-state index contributed by atoms with van der Waals surface area (Å²) in [6.45, 7) is 0. The van der Waals surface area contributed by atoms with Gasteiger partial charge >= 0.3 is 0 Å². The number of rotatable bonds is 8. The third-order valence-corrected chi connectivity index (χ3v) is 6.13. The third-order valence-electron chi connectivity index (χ3n) is 3.84. The molecule has 10 heteroatoms. The summed E-state index contributed by atoms with van der Waals surface area (Å²) in [6, 6.07) is 13.0. The molecule has 29 heavy (non-hydrogen) atoms. The van der Waals surface area contributed by atoms with Crippen LogP contribution in [0.3, 0.4) is 0 Å². The maximum absolute atomic E-state index is 12.3. The average Bonchev–Trinajstić information content (AvgIpc) is 3.14. The van der Waals surface area contributed by atoms with E-state index in [4.69, 9.17) is 9.47 Å². The number of hydrogen-bond donors (Lipinski definition) is 2. The molecule has 152 valence electrons. The van der Waals surface area contributed by atoms with E-state index in [0.29, 0.717) is 22.9 Å². The van der Waals surface area contributed by atoms with Crippen LogP contribution in [0, 0.1) is 0 Å². The first-order valence-corrected chi connectivity index (χ1v) is 10.8. The zero-order valence-electron chi connectivity index (χ0n) is 15.7. The maximum Gasteiger partial charge on any atom is 0.263 e. The Kier molecular flexibility index (Phi) is 6.35. The molecule has 0 aliphatic carbocycles. The van der Waals surface area contributed by atoms with Crippen molar-refractivity contribution in [3.63, 3.8) is 0 Å². The van der Waals surface area contributed by atoms with Gasteiger partial charge in [-0.2, -0.15) is 0 Å². The number of carbonyl (C=O) groups excluding carboxylic acids is 1. The van der Waals surface area contributed by atoms with Crippen LogP contribution in [-0.2, 0) is 21.2 Å². The number of sulfonamides is 1. The monoisotopic (exact) mass is 433 g/mol. The number of benzene rings is 2. The molecule has 3 rings (SSSR count). The van der Waals surface area contributed by atoms with Crippen LogP contribution in [0.1, 0.15) is 5.69 Å². The van der Waals surface area contributed by atoms with E-state index in [2.05, 4.69) is 15.0 Å². The minimum atomic E-state index is -3.72. The summed E-state index contributed by atoms with van der Waals surface area (Å²) in [4.78, 5) is 16.6. The number of hydrogen-bond acceptors (Lipinski definition) is 7. The summed E-state index contributed by atoms with van der Waals surface area (Å²) in [5.41, 5.74) is 1.01. The molecule has 0 saturated heterocycles. The fourth-order valence-corrected chi connectivity index (χ4v) is 4.48. The predicted octanol–water partition coefficient (Wildman–Crippen LogP) is 3.14. The van der Waals surface area contributed by atoms with Gasteiger partial charge in [0.25, 0.3) is 10.0 Å². The molecule has 1 aromatic heterocycles. The Hall–Kier alpha value is -3.11. The highest BCUT2D eigenvalue weighted by molar-refractivity contribution is 7.93. The number of thiazole rings is 1. The molecule has 0 spiro atoms. The van der Waals surface area contributed by atoms with Crippen molar-refractivity contribution in [2.45, 2.75) is 11.3 Å². The SMILES string of the molecule is COc1ccc(NC(=O)Cc2csc(NS(=O)(=O)c3ccccc3)n2)cc1OC. The van der Waals surface area contributed by atoms with Gasteiger partial charge in [0, 0.05) is 17.1 Å². The average molecular weight is 434 g/mol. The molecule has 1 heterocycles. The maximum atomic E-state index is 12.3. The lowest BCUT2D eigenvalue weighted by molar-refractivity contribution is -0.115. The highest BCUT2D eigenvalue weighted by atomic mass is 32.2. The Morgan fingerprint density at radius 3 is 2.48 bits per heavy atom. The van der Waals surface area contributed by atoms with Gasteiger partial charge in [-0.25, -0.2) is 13.4 Å². The summed E-state index contributed by atoms with van der Waals surface area (Å²) in [5, 5.41) is 4.58. The summed E-state index contributed by atoms with van der Waals surface area (Å²) >= 11 is 1.11. The number of nitrogens with one attached hydrogen (secondary N) is 2. The molecular weight excluding hydrogens is 414 g/mol. The van der Waals surface area contributed by atoms with Crippen LogP contribution >= 0.6 is 11.3 Å². The largest absolute Gasteiger partial charge is 0.493 e. The molecule has 8 nitrogen and oxygen atoms in total. The van der Waals surface area contributed by atoms with Crippen LogP contribution in [0.5, 0.6) is 11.5 Å². The summed E-state index contributed by atoms with van der Waals surface area (Å²) in [5.74, 6) is 0.761. The van der Waals surface area contributed by atoms with Gasteiger partial charge in [0.1, 0.15) is 0 Å². The fraction of sp³-hybridized carbons (Fsp3) is 0.158. The first-order chi connectivity index (χ1) is 13.9. The lowest BCUT2D eigenvalue weighted by Crippen LogP contribution is -2.15. The molecule has 0 aliphatic rings. The lowest BCUT2D eigenvalue weighted by Gasteiger charge is -2.10. The number of carbonyl (C=O) groups is 1. The van der Waals surface area contributed by atoms with Crippen LogP contribution in [0.15, 0.2) is 58.8 Å². The second-order valence-electron chi connectivity index (χ2n) is 5.86. The van der Waals surface area contributed by atoms with Gasteiger partial charge in [0.15, 0.2) is 16.6 Å². The third kappa shape index (κ3) is 5.24. The van der Waals surface area contributed by atoms with Gasteiger partial charge in [0.2, 0.25) is 5.91 Å². The quantitative estimate of drug-likeness (QED) is 0.565. The van der Waals surface area contributed by atoms with Crippen LogP contribution < -0.4 is 19.5 Å². The first-order valence-electron chi connectivity index (χ1n) is 8.45. The van der Waals surface area contributed by atoms with E-state index in [1.165, 1.54) is 26.4 Å². The van der Waals surface area contributed by atoms with Crippen LogP contribution in [0.25, 0.3) is 0 Å². The lowest BCUT2D eigenvalue weighted by atomic mass is 10.2. The standard InChI is InChI=1S/C19H19N3O5S2/c1-26-16-9-8-13(10-17(16)27-2)20-18(23)11-14-12-28-19(21-14)22-29(24,25)15-6-4-3-5-7-15/h3-10,12H,11H2,1-2H3,(H,20,23)(H,21,22). The van der Waals surface area contributed by atoms with Crippen LogP contribution in [0.4, 0.5) is 10.8 Å². The molecule has 0 radical (unpaired) electrons. The molecule has 2 N–H and O–H groups in total. The van der Waals surface area contributed by atoms with E-state index in [9.17, 15) is 13.2 Å². The van der Waals surface area contributed by atoms with Crippen molar-refractivity contribution in [1.29, 1.82) is 0 Å². The molecular formula is C19H19N3O5S2. The number of amides is 1. The first kappa shape index (κ1) is 20.6. The summed E-state index contributed by atoms with van der Waals surface area (Å²) in [7, 11) is -0.679. The van der Waals surface area contributed by atoms with Gasteiger partial charge in [0.05, 0.1) is 31.2 Å². The van der Waals surface area contributed by atoms with Crippen molar-refractivity contribution >= 4 is 38.1 Å². The van der Waals surface area contributed by atoms with Crippen LogP contribution in [-0.4, -0.2) is 33.5 Å². The van der Waals surface area contributed by atoms with E-state index in [1.807, 2.05) is 0 Å². The molecule has 2 aromatic carbocycles. The number of aromatic nitrogens is 1. The molecule has 3 aromatic rings. The molecule has 0 fully saturated rings. The van der Waals surface area contributed by atoms with Gasteiger partial charge in [-0.1, -0.05) is 18.2 Å². The molecule has 1 amide bonds. The smallest absolute Gasteiger partial charge is 0.263 e. The predicted molar refractivity (Wildman–Crippen MR) is 111 cm³/mol. The fourth-order valence-electron chi connectivity index (χ4n) is 2.49. The Bertz CT molecular complexity index is 1100.